The number of rotatable bonds is 5. The van der Waals surface area contributed by atoms with Crippen molar-refractivity contribution in [1.29, 1.82) is 0 Å². The van der Waals surface area contributed by atoms with Crippen LogP contribution in [0.3, 0.4) is 0 Å². The summed E-state index contributed by atoms with van der Waals surface area (Å²) in [6.45, 7) is 10.4. The molecule has 1 fully saturated rings. The van der Waals surface area contributed by atoms with Gasteiger partial charge in [0.1, 0.15) is 0 Å². The molecule has 3 atom stereocenters. The van der Waals surface area contributed by atoms with E-state index in [1.165, 1.54) is 32.1 Å². The molecule has 0 radical (unpaired) electrons. The van der Waals surface area contributed by atoms with Crippen molar-refractivity contribution in [1.82, 2.24) is 0 Å². The molecular formula is C15H30O. The zero-order valence-corrected chi connectivity index (χ0v) is 11.9. The molecule has 1 rings (SSSR count). The quantitative estimate of drug-likeness (QED) is 0.670. The van der Waals surface area contributed by atoms with Gasteiger partial charge in [0.25, 0.3) is 0 Å². The van der Waals surface area contributed by atoms with E-state index in [0.29, 0.717) is 5.41 Å². The summed E-state index contributed by atoms with van der Waals surface area (Å²) in [5.74, 6) is 2.84. The van der Waals surface area contributed by atoms with E-state index in [2.05, 4.69) is 27.7 Å². The van der Waals surface area contributed by atoms with Gasteiger partial charge in [-0.25, -0.2) is 0 Å². The van der Waals surface area contributed by atoms with Crippen LogP contribution in [-0.4, -0.2) is 13.7 Å². The first-order valence-corrected chi connectivity index (χ1v) is 6.97. The van der Waals surface area contributed by atoms with Gasteiger partial charge in [0.2, 0.25) is 0 Å². The summed E-state index contributed by atoms with van der Waals surface area (Å²) in [6, 6.07) is 0. The molecule has 0 aliphatic heterocycles. The number of methoxy groups -OCH3 is 1. The molecule has 0 saturated heterocycles. The van der Waals surface area contributed by atoms with Crippen LogP contribution in [0.2, 0.25) is 0 Å². The summed E-state index contributed by atoms with van der Waals surface area (Å²) < 4.78 is 5.25. The van der Waals surface area contributed by atoms with Crippen LogP contribution < -0.4 is 0 Å². The summed E-state index contributed by atoms with van der Waals surface area (Å²) in [5.41, 5.74) is 0.480. The number of hydrogen-bond acceptors (Lipinski definition) is 1. The largest absolute Gasteiger partial charge is 0.385 e. The van der Waals surface area contributed by atoms with Crippen molar-refractivity contribution in [3.8, 4) is 0 Å². The van der Waals surface area contributed by atoms with Crippen molar-refractivity contribution >= 4 is 0 Å². The van der Waals surface area contributed by atoms with Crippen molar-refractivity contribution in [3.05, 3.63) is 0 Å². The van der Waals surface area contributed by atoms with Crippen molar-refractivity contribution in [3.63, 3.8) is 0 Å². The van der Waals surface area contributed by atoms with E-state index >= 15 is 0 Å². The maximum absolute atomic E-state index is 5.25. The van der Waals surface area contributed by atoms with E-state index in [1.807, 2.05) is 7.11 Å². The molecule has 1 aliphatic carbocycles. The second kappa shape index (κ2) is 6.05. The van der Waals surface area contributed by atoms with E-state index < -0.39 is 0 Å². The van der Waals surface area contributed by atoms with Gasteiger partial charge in [-0.05, 0) is 48.9 Å². The van der Waals surface area contributed by atoms with Crippen molar-refractivity contribution < 1.29 is 4.74 Å². The van der Waals surface area contributed by atoms with Gasteiger partial charge < -0.3 is 4.74 Å². The molecule has 0 aromatic carbocycles. The van der Waals surface area contributed by atoms with Gasteiger partial charge in [0, 0.05) is 13.7 Å². The standard InChI is InChI=1S/C15H30O/c1-6-12-7-8-13(9-10-16-5)14(12)11-15(2,3)4/h12-14H,6-11H2,1-5H3. The lowest BCUT2D eigenvalue weighted by atomic mass is 9.75. The van der Waals surface area contributed by atoms with Gasteiger partial charge >= 0.3 is 0 Å². The Morgan fingerprint density at radius 1 is 1.12 bits per heavy atom. The van der Waals surface area contributed by atoms with Crippen molar-refractivity contribution in [2.75, 3.05) is 13.7 Å². The molecule has 0 aromatic heterocycles. The zero-order chi connectivity index (χ0) is 12.2. The maximum Gasteiger partial charge on any atom is 0.0465 e. The average Bonchev–Trinajstić information content (AvgIpc) is 2.55. The molecule has 0 amide bonds. The van der Waals surface area contributed by atoms with E-state index in [0.717, 1.165) is 24.4 Å². The summed E-state index contributed by atoms with van der Waals surface area (Å²) in [4.78, 5) is 0. The number of ether oxygens (including phenoxy) is 1. The monoisotopic (exact) mass is 226 g/mol. The Hall–Kier alpha value is -0.0400. The van der Waals surface area contributed by atoms with Crippen LogP contribution in [0.1, 0.15) is 59.8 Å². The molecule has 96 valence electrons. The molecule has 1 saturated carbocycles. The molecule has 0 bridgehead atoms. The molecule has 16 heavy (non-hydrogen) atoms. The van der Waals surface area contributed by atoms with Gasteiger partial charge in [0.15, 0.2) is 0 Å². The van der Waals surface area contributed by atoms with Crippen LogP contribution in [-0.2, 0) is 4.74 Å². The van der Waals surface area contributed by atoms with E-state index in [1.54, 1.807) is 0 Å². The minimum atomic E-state index is 0.480. The van der Waals surface area contributed by atoms with Crippen LogP contribution in [0.25, 0.3) is 0 Å². The maximum atomic E-state index is 5.25. The van der Waals surface area contributed by atoms with Gasteiger partial charge in [-0.1, -0.05) is 34.1 Å². The van der Waals surface area contributed by atoms with Crippen LogP contribution in [0.4, 0.5) is 0 Å². The van der Waals surface area contributed by atoms with Crippen LogP contribution >= 0.6 is 0 Å². The lowest BCUT2D eigenvalue weighted by molar-refractivity contribution is 0.141. The highest BCUT2D eigenvalue weighted by Gasteiger charge is 2.36. The topological polar surface area (TPSA) is 9.23 Å². The summed E-state index contributed by atoms with van der Waals surface area (Å²) in [7, 11) is 1.82. The highest BCUT2D eigenvalue weighted by atomic mass is 16.5. The Kier molecular flexibility index (Phi) is 5.30. The van der Waals surface area contributed by atoms with E-state index in [4.69, 9.17) is 4.74 Å². The fourth-order valence-corrected chi connectivity index (χ4v) is 3.42. The predicted molar refractivity (Wildman–Crippen MR) is 70.6 cm³/mol. The summed E-state index contributed by atoms with van der Waals surface area (Å²) in [6.07, 6.45) is 6.91. The van der Waals surface area contributed by atoms with Gasteiger partial charge in [0.05, 0.1) is 0 Å². The third-order valence-corrected chi connectivity index (χ3v) is 4.18. The Labute approximate surface area is 102 Å². The molecular weight excluding hydrogens is 196 g/mol. The van der Waals surface area contributed by atoms with Crippen LogP contribution in [0, 0.1) is 23.2 Å². The molecule has 0 spiro atoms. The zero-order valence-electron chi connectivity index (χ0n) is 11.9. The summed E-state index contributed by atoms with van der Waals surface area (Å²) >= 11 is 0. The highest BCUT2D eigenvalue weighted by Crippen LogP contribution is 2.46. The molecule has 1 heteroatoms. The Balaban J connectivity index is 2.56. The lowest BCUT2D eigenvalue weighted by Gasteiger charge is -2.31. The Morgan fingerprint density at radius 3 is 2.25 bits per heavy atom. The van der Waals surface area contributed by atoms with Crippen LogP contribution in [0.15, 0.2) is 0 Å². The third kappa shape index (κ3) is 4.08. The normalized spacial score (nSPS) is 30.9. The first kappa shape index (κ1) is 14.0. The van der Waals surface area contributed by atoms with E-state index in [-0.39, 0.29) is 0 Å². The van der Waals surface area contributed by atoms with Gasteiger partial charge in [-0.3, -0.25) is 0 Å². The lowest BCUT2D eigenvalue weighted by Crippen LogP contribution is -2.22. The minimum Gasteiger partial charge on any atom is -0.385 e. The second-order valence-electron chi connectivity index (χ2n) is 6.72. The first-order chi connectivity index (χ1) is 7.48. The second-order valence-corrected chi connectivity index (χ2v) is 6.72. The van der Waals surface area contributed by atoms with Crippen molar-refractivity contribution in [2.24, 2.45) is 23.2 Å². The predicted octanol–water partition coefficient (Wildman–Crippen LogP) is 4.51. The SMILES string of the molecule is CCC1CCC(CCOC)C1CC(C)(C)C. The van der Waals surface area contributed by atoms with Gasteiger partial charge in [-0.2, -0.15) is 0 Å². The smallest absolute Gasteiger partial charge is 0.0465 e. The fraction of sp³-hybridized carbons (Fsp3) is 1.00. The molecule has 1 nitrogen and oxygen atoms in total. The first-order valence-electron chi connectivity index (χ1n) is 6.97. The average molecular weight is 226 g/mol. The fourth-order valence-electron chi connectivity index (χ4n) is 3.42. The van der Waals surface area contributed by atoms with Crippen molar-refractivity contribution in [2.45, 2.75) is 59.8 Å². The Bertz CT molecular complexity index is 192. The molecule has 0 heterocycles. The van der Waals surface area contributed by atoms with Crippen LogP contribution in [0.5, 0.6) is 0 Å². The molecule has 0 N–H and O–H groups in total. The highest BCUT2D eigenvalue weighted by molar-refractivity contribution is 4.86. The minimum absolute atomic E-state index is 0.480. The molecule has 0 aromatic rings. The van der Waals surface area contributed by atoms with E-state index in [9.17, 15) is 0 Å². The number of hydrogen-bond donors (Lipinski definition) is 0. The van der Waals surface area contributed by atoms with Gasteiger partial charge in [-0.15, -0.1) is 0 Å². The molecule has 1 aliphatic rings. The summed E-state index contributed by atoms with van der Waals surface area (Å²) in [5, 5.41) is 0. The Morgan fingerprint density at radius 2 is 1.75 bits per heavy atom. The third-order valence-electron chi connectivity index (χ3n) is 4.18. The molecule has 3 unspecified atom stereocenters.